The van der Waals surface area contributed by atoms with Crippen LogP contribution in [0.2, 0.25) is 0 Å². The number of methoxy groups -OCH3 is 1. The molecule has 6 heteroatoms. The van der Waals surface area contributed by atoms with Crippen molar-refractivity contribution in [2.75, 3.05) is 20.3 Å². The van der Waals surface area contributed by atoms with E-state index in [2.05, 4.69) is 35.1 Å². The maximum absolute atomic E-state index is 5.86. The summed E-state index contributed by atoms with van der Waals surface area (Å²) in [5.74, 6) is 5.84. The Balaban J connectivity index is 2.19. The predicted molar refractivity (Wildman–Crippen MR) is 81.9 cm³/mol. The maximum atomic E-state index is 5.86. The predicted octanol–water partition coefficient (Wildman–Crippen LogP) is 1.04. The molecule has 1 fully saturated rings. The van der Waals surface area contributed by atoms with E-state index < -0.39 is 0 Å². The van der Waals surface area contributed by atoms with Crippen LogP contribution < -0.4 is 11.3 Å². The second kappa shape index (κ2) is 7.35. The summed E-state index contributed by atoms with van der Waals surface area (Å²) in [7, 11) is 1.77. The second-order valence-electron chi connectivity index (χ2n) is 5.60. The smallest absolute Gasteiger partial charge is 0.0891 e. The normalized spacial score (nSPS) is 19.6. The van der Waals surface area contributed by atoms with E-state index in [-0.39, 0.29) is 11.6 Å². The van der Waals surface area contributed by atoms with Gasteiger partial charge in [0.2, 0.25) is 0 Å². The Morgan fingerprint density at radius 1 is 1.48 bits per heavy atom. The molecular formula is C15H28N4O2. The van der Waals surface area contributed by atoms with Crippen molar-refractivity contribution in [3.05, 3.63) is 17.5 Å². The summed E-state index contributed by atoms with van der Waals surface area (Å²) in [4.78, 5) is 0. The maximum Gasteiger partial charge on any atom is 0.0891 e. The first kappa shape index (κ1) is 16.4. The topological polar surface area (TPSA) is 74.3 Å². The van der Waals surface area contributed by atoms with Crippen molar-refractivity contribution in [2.24, 2.45) is 5.84 Å². The summed E-state index contributed by atoms with van der Waals surface area (Å²) < 4.78 is 13.4. The van der Waals surface area contributed by atoms with Crippen LogP contribution in [-0.2, 0) is 28.9 Å². The third-order valence-corrected chi connectivity index (χ3v) is 4.57. The summed E-state index contributed by atoms with van der Waals surface area (Å²) in [5, 5.41) is 4.61. The first-order chi connectivity index (χ1) is 10.2. The number of nitrogens with one attached hydrogen (secondary N) is 1. The van der Waals surface area contributed by atoms with Crippen molar-refractivity contribution in [3.63, 3.8) is 0 Å². The minimum Gasteiger partial charge on any atom is -0.381 e. The van der Waals surface area contributed by atoms with Crippen LogP contribution in [-0.4, -0.2) is 41.7 Å². The molecule has 2 heterocycles. The zero-order valence-corrected chi connectivity index (χ0v) is 13.4. The molecule has 0 bridgehead atoms. The number of hydrogen-bond acceptors (Lipinski definition) is 5. The van der Waals surface area contributed by atoms with Crippen LogP contribution >= 0.6 is 0 Å². The fourth-order valence-electron chi connectivity index (χ4n) is 3.14. The van der Waals surface area contributed by atoms with Crippen molar-refractivity contribution in [3.8, 4) is 0 Å². The number of nitrogens with two attached hydrogens (primary N) is 1. The van der Waals surface area contributed by atoms with Crippen molar-refractivity contribution in [2.45, 2.75) is 57.7 Å². The lowest BCUT2D eigenvalue weighted by Gasteiger charge is -2.42. The Labute approximate surface area is 126 Å². The molecule has 0 spiro atoms. The second-order valence-corrected chi connectivity index (χ2v) is 5.60. The van der Waals surface area contributed by atoms with Gasteiger partial charge >= 0.3 is 0 Å². The van der Waals surface area contributed by atoms with Crippen LogP contribution in [0, 0.1) is 0 Å². The van der Waals surface area contributed by atoms with Crippen LogP contribution in [0.4, 0.5) is 0 Å². The fraction of sp³-hybridized carbons (Fsp3) is 0.800. The molecule has 6 nitrogen and oxygen atoms in total. The van der Waals surface area contributed by atoms with Gasteiger partial charge < -0.3 is 9.47 Å². The minimum absolute atomic E-state index is 0.0538. The van der Waals surface area contributed by atoms with E-state index in [1.54, 1.807) is 7.11 Å². The average molecular weight is 296 g/mol. The largest absolute Gasteiger partial charge is 0.381 e. The fourth-order valence-corrected chi connectivity index (χ4v) is 3.14. The molecule has 2 rings (SSSR count). The highest BCUT2D eigenvalue weighted by Crippen LogP contribution is 2.30. The van der Waals surface area contributed by atoms with Crippen molar-refractivity contribution < 1.29 is 9.47 Å². The SMILES string of the molecule is CCc1cc(CC(NN)C2(OC)CCOCC2)n(CC)n1. The Hall–Kier alpha value is -0.950. The van der Waals surface area contributed by atoms with E-state index in [0.717, 1.165) is 51.1 Å². The van der Waals surface area contributed by atoms with Gasteiger partial charge in [0.1, 0.15) is 0 Å². The average Bonchev–Trinajstić information content (AvgIpc) is 2.95. The number of aromatic nitrogens is 2. The number of aryl methyl sites for hydroxylation is 2. The van der Waals surface area contributed by atoms with Gasteiger partial charge in [0.05, 0.1) is 17.3 Å². The molecule has 1 saturated heterocycles. The van der Waals surface area contributed by atoms with Crippen molar-refractivity contribution in [1.29, 1.82) is 0 Å². The van der Waals surface area contributed by atoms with Gasteiger partial charge in [-0.25, -0.2) is 0 Å². The van der Waals surface area contributed by atoms with Crippen LogP contribution in [0.1, 0.15) is 38.1 Å². The van der Waals surface area contributed by atoms with E-state index in [9.17, 15) is 0 Å². The van der Waals surface area contributed by atoms with E-state index in [4.69, 9.17) is 15.3 Å². The Kier molecular flexibility index (Phi) is 5.75. The molecule has 3 N–H and O–H groups in total. The minimum atomic E-state index is -0.262. The number of hydrazine groups is 1. The molecule has 21 heavy (non-hydrogen) atoms. The van der Waals surface area contributed by atoms with E-state index in [1.807, 2.05) is 0 Å². The summed E-state index contributed by atoms with van der Waals surface area (Å²) in [5.41, 5.74) is 5.04. The zero-order chi connectivity index (χ0) is 15.3. The molecule has 0 radical (unpaired) electrons. The van der Waals surface area contributed by atoms with Gasteiger partial charge in [0, 0.05) is 51.8 Å². The zero-order valence-electron chi connectivity index (χ0n) is 13.4. The first-order valence-electron chi connectivity index (χ1n) is 7.83. The number of hydrogen-bond donors (Lipinski definition) is 2. The van der Waals surface area contributed by atoms with Crippen molar-refractivity contribution >= 4 is 0 Å². The summed E-state index contributed by atoms with van der Waals surface area (Å²) in [6, 6.07) is 2.23. The highest BCUT2D eigenvalue weighted by Gasteiger charge is 2.40. The lowest BCUT2D eigenvalue weighted by Crippen LogP contribution is -2.58. The molecule has 1 aromatic heterocycles. The van der Waals surface area contributed by atoms with Crippen LogP contribution in [0.3, 0.4) is 0 Å². The van der Waals surface area contributed by atoms with Gasteiger partial charge in [-0.15, -0.1) is 0 Å². The van der Waals surface area contributed by atoms with Crippen LogP contribution in [0.15, 0.2) is 6.07 Å². The molecule has 0 aromatic carbocycles. The highest BCUT2D eigenvalue weighted by molar-refractivity contribution is 5.14. The summed E-state index contributed by atoms with van der Waals surface area (Å²) >= 11 is 0. The summed E-state index contributed by atoms with van der Waals surface area (Å²) in [6.45, 7) is 6.55. The molecule has 0 aliphatic carbocycles. The number of rotatable bonds is 7. The third kappa shape index (κ3) is 3.45. The molecule has 0 amide bonds. The standard InChI is InChI=1S/C15H28N4O2/c1-4-12-10-13(19(5-2)18-12)11-14(17-16)15(20-3)6-8-21-9-7-15/h10,14,17H,4-9,11,16H2,1-3H3. The molecule has 1 aliphatic heterocycles. The number of nitrogens with zero attached hydrogens (tertiary/aromatic N) is 2. The van der Waals surface area contributed by atoms with Gasteiger partial charge in [0.15, 0.2) is 0 Å². The van der Waals surface area contributed by atoms with Crippen LogP contribution in [0.5, 0.6) is 0 Å². The van der Waals surface area contributed by atoms with E-state index >= 15 is 0 Å². The first-order valence-corrected chi connectivity index (χ1v) is 7.83. The Morgan fingerprint density at radius 2 is 2.19 bits per heavy atom. The van der Waals surface area contributed by atoms with Gasteiger partial charge in [0.25, 0.3) is 0 Å². The Morgan fingerprint density at radius 3 is 2.71 bits per heavy atom. The lowest BCUT2D eigenvalue weighted by atomic mass is 9.83. The number of ether oxygens (including phenoxy) is 2. The third-order valence-electron chi connectivity index (χ3n) is 4.57. The molecule has 1 atom stereocenters. The van der Waals surface area contributed by atoms with Gasteiger partial charge in [-0.2, -0.15) is 5.10 Å². The van der Waals surface area contributed by atoms with Gasteiger partial charge in [-0.1, -0.05) is 6.92 Å². The molecule has 120 valence electrons. The van der Waals surface area contributed by atoms with Crippen molar-refractivity contribution in [1.82, 2.24) is 15.2 Å². The highest BCUT2D eigenvalue weighted by atomic mass is 16.5. The quantitative estimate of drug-likeness (QED) is 0.581. The van der Waals surface area contributed by atoms with Gasteiger partial charge in [-0.05, 0) is 19.4 Å². The van der Waals surface area contributed by atoms with Gasteiger partial charge in [-0.3, -0.25) is 16.0 Å². The van der Waals surface area contributed by atoms with Crippen LogP contribution in [0.25, 0.3) is 0 Å². The van der Waals surface area contributed by atoms with E-state index in [1.165, 1.54) is 5.69 Å². The monoisotopic (exact) mass is 296 g/mol. The molecule has 1 aliphatic rings. The molecule has 1 aromatic rings. The lowest BCUT2D eigenvalue weighted by molar-refractivity contribution is -0.110. The molecule has 1 unspecified atom stereocenters. The molecular weight excluding hydrogens is 268 g/mol. The Bertz CT molecular complexity index is 441. The van der Waals surface area contributed by atoms with E-state index in [0.29, 0.717) is 0 Å². The summed E-state index contributed by atoms with van der Waals surface area (Å²) in [6.07, 6.45) is 3.48. The molecule has 0 saturated carbocycles.